The molecular weight excluding hydrogens is 195 g/mol. The van der Waals surface area contributed by atoms with Crippen molar-refractivity contribution in [3.63, 3.8) is 0 Å². The average Bonchev–Trinajstić information content (AvgIpc) is 2.00. The van der Waals surface area contributed by atoms with Gasteiger partial charge in [-0.3, -0.25) is 0 Å². The summed E-state index contributed by atoms with van der Waals surface area (Å²) in [6, 6.07) is -0.0117. The molecule has 86 valence electrons. The van der Waals surface area contributed by atoms with E-state index in [1.165, 1.54) is 0 Å². The first kappa shape index (κ1) is 13.7. The minimum absolute atomic E-state index is 0.0117. The molecule has 0 bridgehead atoms. The van der Waals surface area contributed by atoms with Gasteiger partial charge in [0.1, 0.15) is 6.61 Å². The third-order valence-electron chi connectivity index (χ3n) is 1.83. The van der Waals surface area contributed by atoms with E-state index in [0.717, 1.165) is 6.54 Å². The normalized spacial score (nSPS) is 14.8. The lowest BCUT2D eigenvalue weighted by molar-refractivity contribution is -0.175. The Kier molecular flexibility index (Phi) is 6.11. The van der Waals surface area contributed by atoms with Crippen molar-refractivity contribution in [3.8, 4) is 0 Å². The Morgan fingerprint density at radius 3 is 2.21 bits per heavy atom. The van der Waals surface area contributed by atoms with Crippen LogP contribution in [-0.4, -0.2) is 32.0 Å². The van der Waals surface area contributed by atoms with Crippen LogP contribution in [0.3, 0.4) is 0 Å². The molecule has 0 fully saturated rings. The molecule has 0 aliphatic rings. The van der Waals surface area contributed by atoms with Gasteiger partial charge in [-0.25, -0.2) is 0 Å². The van der Waals surface area contributed by atoms with E-state index in [-0.39, 0.29) is 18.6 Å². The van der Waals surface area contributed by atoms with Gasteiger partial charge in [0.15, 0.2) is 0 Å². The van der Waals surface area contributed by atoms with Gasteiger partial charge in [0.05, 0.1) is 6.61 Å². The molecule has 0 rings (SSSR count). The molecule has 0 heterocycles. The number of hydrogen-bond donors (Lipinski definition) is 1. The van der Waals surface area contributed by atoms with Crippen LogP contribution in [0.4, 0.5) is 13.2 Å². The Balaban J connectivity index is 3.72. The van der Waals surface area contributed by atoms with E-state index >= 15 is 0 Å². The van der Waals surface area contributed by atoms with Crippen molar-refractivity contribution in [2.75, 3.05) is 19.8 Å². The summed E-state index contributed by atoms with van der Waals surface area (Å²) in [7, 11) is 0. The van der Waals surface area contributed by atoms with E-state index in [2.05, 4.69) is 10.1 Å². The molecular formula is C9H18F3NO. The second-order valence-corrected chi connectivity index (χ2v) is 3.54. The number of halogens is 3. The molecule has 1 atom stereocenters. The second kappa shape index (κ2) is 6.24. The van der Waals surface area contributed by atoms with Crippen LogP contribution < -0.4 is 5.32 Å². The van der Waals surface area contributed by atoms with Gasteiger partial charge in [-0.15, -0.1) is 0 Å². The topological polar surface area (TPSA) is 21.3 Å². The number of ether oxygens (including phenoxy) is 1. The molecule has 1 unspecified atom stereocenters. The van der Waals surface area contributed by atoms with Crippen molar-refractivity contribution in [3.05, 3.63) is 0 Å². The highest BCUT2D eigenvalue weighted by molar-refractivity contribution is 4.69. The Morgan fingerprint density at radius 1 is 1.29 bits per heavy atom. The molecule has 0 spiro atoms. The molecule has 0 saturated heterocycles. The highest BCUT2D eigenvalue weighted by Crippen LogP contribution is 2.15. The van der Waals surface area contributed by atoms with E-state index in [9.17, 15) is 13.2 Å². The SMILES string of the molecule is CCNC(COCC(F)(F)F)C(C)C. The van der Waals surface area contributed by atoms with Crippen molar-refractivity contribution >= 4 is 0 Å². The van der Waals surface area contributed by atoms with Crippen LogP contribution in [0.25, 0.3) is 0 Å². The summed E-state index contributed by atoms with van der Waals surface area (Å²) in [5.74, 6) is 0.267. The third kappa shape index (κ3) is 7.15. The molecule has 0 aromatic rings. The first-order valence-electron chi connectivity index (χ1n) is 4.74. The molecule has 0 radical (unpaired) electrons. The van der Waals surface area contributed by atoms with Gasteiger partial charge < -0.3 is 10.1 Å². The van der Waals surface area contributed by atoms with Crippen LogP contribution in [0, 0.1) is 5.92 Å². The first-order chi connectivity index (χ1) is 6.37. The Morgan fingerprint density at radius 2 is 1.86 bits per heavy atom. The standard InChI is InChI=1S/C9H18F3NO/c1-4-13-8(7(2)3)5-14-6-9(10,11)12/h7-8,13H,4-6H2,1-3H3. The van der Waals surface area contributed by atoms with Crippen LogP contribution in [0.5, 0.6) is 0 Å². The summed E-state index contributed by atoms with van der Waals surface area (Å²) < 4.78 is 39.8. The van der Waals surface area contributed by atoms with Gasteiger partial charge in [0.25, 0.3) is 0 Å². The number of likely N-dealkylation sites (N-methyl/N-ethyl adjacent to an activating group) is 1. The molecule has 2 nitrogen and oxygen atoms in total. The van der Waals surface area contributed by atoms with E-state index in [1.807, 2.05) is 20.8 Å². The zero-order chi connectivity index (χ0) is 11.2. The Labute approximate surface area is 82.8 Å². The van der Waals surface area contributed by atoms with Crippen LogP contribution in [0.15, 0.2) is 0 Å². The van der Waals surface area contributed by atoms with Gasteiger partial charge in [0.2, 0.25) is 0 Å². The van der Waals surface area contributed by atoms with Gasteiger partial charge in [0, 0.05) is 6.04 Å². The van der Waals surface area contributed by atoms with Crippen molar-refractivity contribution in [1.82, 2.24) is 5.32 Å². The maximum absolute atomic E-state index is 11.7. The summed E-state index contributed by atoms with van der Waals surface area (Å²) in [5, 5.41) is 3.08. The van der Waals surface area contributed by atoms with Crippen molar-refractivity contribution < 1.29 is 17.9 Å². The monoisotopic (exact) mass is 213 g/mol. The molecule has 0 aliphatic heterocycles. The van der Waals surface area contributed by atoms with Crippen LogP contribution >= 0.6 is 0 Å². The molecule has 0 aromatic heterocycles. The zero-order valence-corrected chi connectivity index (χ0v) is 8.82. The van der Waals surface area contributed by atoms with Gasteiger partial charge in [-0.1, -0.05) is 20.8 Å². The predicted molar refractivity (Wildman–Crippen MR) is 49.2 cm³/mol. The van der Waals surface area contributed by atoms with Crippen molar-refractivity contribution in [1.29, 1.82) is 0 Å². The van der Waals surface area contributed by atoms with Crippen LogP contribution in [0.1, 0.15) is 20.8 Å². The average molecular weight is 213 g/mol. The largest absolute Gasteiger partial charge is 0.411 e. The predicted octanol–water partition coefficient (Wildman–Crippen LogP) is 2.20. The van der Waals surface area contributed by atoms with Gasteiger partial charge in [-0.2, -0.15) is 13.2 Å². The fourth-order valence-electron chi connectivity index (χ4n) is 1.05. The van der Waals surface area contributed by atoms with E-state index in [1.54, 1.807) is 0 Å². The number of alkyl halides is 3. The number of nitrogens with one attached hydrogen (secondary N) is 1. The summed E-state index contributed by atoms with van der Waals surface area (Å²) in [5.41, 5.74) is 0. The molecule has 0 amide bonds. The molecule has 5 heteroatoms. The fourth-order valence-corrected chi connectivity index (χ4v) is 1.05. The van der Waals surface area contributed by atoms with Gasteiger partial charge >= 0.3 is 6.18 Å². The van der Waals surface area contributed by atoms with Crippen molar-refractivity contribution in [2.45, 2.75) is 33.0 Å². The highest BCUT2D eigenvalue weighted by Gasteiger charge is 2.28. The Hall–Kier alpha value is -0.290. The summed E-state index contributed by atoms with van der Waals surface area (Å²) in [6.07, 6.45) is -4.23. The number of rotatable bonds is 6. The minimum atomic E-state index is -4.23. The van der Waals surface area contributed by atoms with E-state index < -0.39 is 12.8 Å². The third-order valence-corrected chi connectivity index (χ3v) is 1.83. The molecule has 1 N–H and O–H groups in total. The van der Waals surface area contributed by atoms with Crippen LogP contribution in [-0.2, 0) is 4.74 Å². The lowest BCUT2D eigenvalue weighted by Gasteiger charge is -2.21. The second-order valence-electron chi connectivity index (χ2n) is 3.54. The molecule has 14 heavy (non-hydrogen) atoms. The first-order valence-corrected chi connectivity index (χ1v) is 4.74. The van der Waals surface area contributed by atoms with Crippen LogP contribution in [0.2, 0.25) is 0 Å². The number of hydrogen-bond acceptors (Lipinski definition) is 2. The minimum Gasteiger partial charge on any atom is -0.370 e. The summed E-state index contributed by atoms with van der Waals surface area (Å²) >= 11 is 0. The highest BCUT2D eigenvalue weighted by atomic mass is 19.4. The Bertz CT molecular complexity index is 147. The zero-order valence-electron chi connectivity index (χ0n) is 8.82. The summed E-state index contributed by atoms with van der Waals surface area (Å²) in [4.78, 5) is 0. The molecule has 0 saturated carbocycles. The molecule has 0 aromatic carbocycles. The summed E-state index contributed by atoms with van der Waals surface area (Å²) in [6.45, 7) is 5.48. The lowest BCUT2D eigenvalue weighted by Crippen LogP contribution is -2.38. The van der Waals surface area contributed by atoms with E-state index in [4.69, 9.17) is 0 Å². The molecule has 0 aliphatic carbocycles. The quantitative estimate of drug-likeness (QED) is 0.730. The van der Waals surface area contributed by atoms with Crippen molar-refractivity contribution in [2.24, 2.45) is 5.92 Å². The van der Waals surface area contributed by atoms with Gasteiger partial charge in [-0.05, 0) is 12.5 Å². The van der Waals surface area contributed by atoms with E-state index in [0.29, 0.717) is 0 Å². The smallest absolute Gasteiger partial charge is 0.370 e. The lowest BCUT2D eigenvalue weighted by atomic mass is 10.1. The fraction of sp³-hybridized carbons (Fsp3) is 1.00. The maximum atomic E-state index is 11.7. The maximum Gasteiger partial charge on any atom is 0.411 e.